The first-order chi connectivity index (χ1) is 15.3. The predicted octanol–water partition coefficient (Wildman–Crippen LogP) is 7.35. The summed E-state index contributed by atoms with van der Waals surface area (Å²) >= 11 is 15.7. The Morgan fingerprint density at radius 3 is 2.50 bits per heavy atom. The number of ether oxygens (including phenoxy) is 2. The highest BCUT2D eigenvalue weighted by Crippen LogP contribution is 2.35. The zero-order valence-corrected chi connectivity index (χ0v) is 20.6. The summed E-state index contributed by atoms with van der Waals surface area (Å²) in [5, 5.41) is 13.6. The molecule has 8 heteroatoms. The van der Waals surface area contributed by atoms with Crippen LogP contribution in [0.5, 0.6) is 11.5 Å². The lowest BCUT2D eigenvalue weighted by Crippen LogP contribution is -2.07. The van der Waals surface area contributed by atoms with E-state index in [0.717, 1.165) is 21.3 Å². The van der Waals surface area contributed by atoms with E-state index in [4.69, 9.17) is 32.7 Å². The lowest BCUT2D eigenvalue weighted by atomic mass is 10.1. The van der Waals surface area contributed by atoms with Gasteiger partial charge >= 0.3 is 5.97 Å². The number of anilines is 1. The zero-order chi connectivity index (χ0) is 23.3. The zero-order valence-electron chi connectivity index (χ0n) is 17.5. The van der Waals surface area contributed by atoms with Gasteiger partial charge in [-0.3, -0.25) is 0 Å². The third-order valence-corrected chi connectivity index (χ3v) is 6.30. The van der Waals surface area contributed by atoms with Gasteiger partial charge in [0.2, 0.25) is 0 Å². The van der Waals surface area contributed by atoms with Crippen molar-refractivity contribution >= 4 is 50.8 Å². The van der Waals surface area contributed by atoms with E-state index in [-0.39, 0.29) is 5.56 Å². The molecule has 0 atom stereocenters. The van der Waals surface area contributed by atoms with Crippen LogP contribution in [0.15, 0.2) is 53.0 Å². The predicted molar refractivity (Wildman–Crippen MR) is 132 cm³/mol. The highest BCUT2D eigenvalue weighted by molar-refractivity contribution is 9.10. The van der Waals surface area contributed by atoms with Crippen LogP contribution in [0, 0.1) is 6.92 Å². The van der Waals surface area contributed by atoms with Gasteiger partial charge in [0, 0.05) is 16.7 Å². The number of rotatable bonds is 9. The van der Waals surface area contributed by atoms with Crippen molar-refractivity contribution in [3.63, 3.8) is 0 Å². The maximum Gasteiger partial charge on any atom is 0.336 e. The van der Waals surface area contributed by atoms with Gasteiger partial charge in [-0.1, -0.05) is 51.3 Å². The summed E-state index contributed by atoms with van der Waals surface area (Å²) in [4.78, 5) is 11.4. The van der Waals surface area contributed by atoms with Gasteiger partial charge in [-0.2, -0.15) is 0 Å². The standard InChI is InChI=1S/C24H22BrCl2NO4/c1-3-31-22-10-16(12-28-21-6-4-5-17(14(21)2)24(29)30)18(25)11-23(22)32-13-15-7-8-19(26)20(27)9-15/h4-11,28H,3,12-13H2,1-2H3,(H,29,30). The van der Waals surface area contributed by atoms with E-state index in [1.807, 2.05) is 31.2 Å². The Hall–Kier alpha value is -2.41. The lowest BCUT2D eigenvalue weighted by molar-refractivity contribution is 0.0696. The summed E-state index contributed by atoms with van der Waals surface area (Å²) < 4.78 is 12.6. The van der Waals surface area contributed by atoms with Crippen molar-refractivity contribution in [2.24, 2.45) is 0 Å². The molecule has 3 aromatic carbocycles. The molecule has 0 amide bonds. The van der Waals surface area contributed by atoms with Gasteiger partial charge in [-0.15, -0.1) is 0 Å². The molecule has 2 N–H and O–H groups in total. The summed E-state index contributed by atoms with van der Waals surface area (Å²) in [5.41, 5.74) is 3.54. The minimum atomic E-state index is -0.950. The Labute approximate surface area is 205 Å². The van der Waals surface area contributed by atoms with E-state index in [2.05, 4.69) is 21.2 Å². The van der Waals surface area contributed by atoms with Gasteiger partial charge in [0.15, 0.2) is 11.5 Å². The minimum Gasteiger partial charge on any atom is -0.490 e. The normalized spacial score (nSPS) is 10.7. The van der Waals surface area contributed by atoms with Gasteiger partial charge in [0.05, 0.1) is 22.2 Å². The van der Waals surface area contributed by atoms with Crippen molar-refractivity contribution < 1.29 is 19.4 Å². The smallest absolute Gasteiger partial charge is 0.336 e. The average molecular weight is 539 g/mol. The first-order valence-electron chi connectivity index (χ1n) is 9.88. The Bertz CT molecular complexity index is 1140. The van der Waals surface area contributed by atoms with E-state index in [1.165, 1.54) is 0 Å². The molecular weight excluding hydrogens is 517 g/mol. The van der Waals surface area contributed by atoms with Gasteiger partial charge in [0.1, 0.15) is 6.61 Å². The second-order valence-corrected chi connectivity index (χ2v) is 8.67. The number of hydrogen-bond donors (Lipinski definition) is 2. The van der Waals surface area contributed by atoms with Crippen LogP contribution in [0.3, 0.4) is 0 Å². The van der Waals surface area contributed by atoms with Crippen molar-refractivity contribution in [1.82, 2.24) is 0 Å². The van der Waals surface area contributed by atoms with Gasteiger partial charge in [-0.05, 0) is 66.9 Å². The molecule has 5 nitrogen and oxygen atoms in total. The number of nitrogens with one attached hydrogen (secondary N) is 1. The molecule has 0 aromatic heterocycles. The van der Waals surface area contributed by atoms with Gasteiger partial charge in [-0.25, -0.2) is 4.79 Å². The molecule has 3 rings (SSSR count). The fourth-order valence-electron chi connectivity index (χ4n) is 3.13. The Morgan fingerprint density at radius 1 is 1.06 bits per heavy atom. The molecule has 0 unspecified atom stereocenters. The number of hydrogen-bond acceptors (Lipinski definition) is 4. The van der Waals surface area contributed by atoms with Crippen LogP contribution in [0.2, 0.25) is 10.0 Å². The summed E-state index contributed by atoms with van der Waals surface area (Å²) in [7, 11) is 0. The summed E-state index contributed by atoms with van der Waals surface area (Å²) in [5.74, 6) is 0.260. The molecule has 0 radical (unpaired) electrons. The Morgan fingerprint density at radius 2 is 1.81 bits per heavy atom. The maximum absolute atomic E-state index is 11.4. The molecule has 0 fully saturated rings. The van der Waals surface area contributed by atoms with Crippen LogP contribution in [0.25, 0.3) is 0 Å². The molecule has 0 saturated heterocycles. The van der Waals surface area contributed by atoms with Crippen LogP contribution >= 0.6 is 39.1 Å². The molecule has 3 aromatic rings. The molecule has 168 valence electrons. The lowest BCUT2D eigenvalue weighted by Gasteiger charge is -2.17. The summed E-state index contributed by atoms with van der Waals surface area (Å²) in [6.07, 6.45) is 0. The van der Waals surface area contributed by atoms with E-state index in [0.29, 0.717) is 46.9 Å². The van der Waals surface area contributed by atoms with E-state index in [9.17, 15) is 9.90 Å². The molecule has 0 saturated carbocycles. The van der Waals surface area contributed by atoms with Crippen LogP contribution in [-0.2, 0) is 13.2 Å². The number of carboxylic acids is 1. The van der Waals surface area contributed by atoms with Crippen molar-refractivity contribution in [3.05, 3.63) is 85.3 Å². The van der Waals surface area contributed by atoms with Gasteiger partial charge < -0.3 is 19.9 Å². The van der Waals surface area contributed by atoms with Crippen LogP contribution in [0.4, 0.5) is 5.69 Å². The van der Waals surface area contributed by atoms with Crippen LogP contribution in [0.1, 0.15) is 34.0 Å². The number of aromatic carboxylic acids is 1. The molecule has 0 spiro atoms. The summed E-state index contributed by atoms with van der Waals surface area (Å²) in [6, 6.07) is 14.3. The topological polar surface area (TPSA) is 67.8 Å². The van der Waals surface area contributed by atoms with Crippen molar-refractivity contribution in [3.8, 4) is 11.5 Å². The molecule has 0 aliphatic carbocycles. The number of halogens is 3. The molecule has 0 aliphatic heterocycles. The van der Waals surface area contributed by atoms with E-state index >= 15 is 0 Å². The maximum atomic E-state index is 11.4. The van der Waals surface area contributed by atoms with Crippen LogP contribution < -0.4 is 14.8 Å². The number of carboxylic acid groups (broad SMARTS) is 1. The Balaban J connectivity index is 1.78. The van der Waals surface area contributed by atoms with Crippen molar-refractivity contribution in [2.45, 2.75) is 27.0 Å². The monoisotopic (exact) mass is 537 g/mol. The third kappa shape index (κ3) is 5.88. The first kappa shape index (κ1) is 24.2. The molecule has 0 heterocycles. The second kappa shape index (κ2) is 10.9. The average Bonchev–Trinajstić information content (AvgIpc) is 2.75. The minimum absolute atomic E-state index is 0.273. The highest BCUT2D eigenvalue weighted by atomic mass is 79.9. The van der Waals surface area contributed by atoms with Gasteiger partial charge in [0.25, 0.3) is 0 Å². The largest absolute Gasteiger partial charge is 0.490 e. The molecular formula is C24H22BrCl2NO4. The SMILES string of the molecule is CCOc1cc(CNc2cccc(C(=O)O)c2C)c(Br)cc1OCc1ccc(Cl)c(Cl)c1. The van der Waals surface area contributed by atoms with E-state index < -0.39 is 5.97 Å². The fourth-order valence-corrected chi connectivity index (χ4v) is 3.92. The highest BCUT2D eigenvalue weighted by Gasteiger charge is 2.14. The first-order valence-corrected chi connectivity index (χ1v) is 11.4. The van der Waals surface area contributed by atoms with Crippen molar-refractivity contribution in [2.75, 3.05) is 11.9 Å². The number of benzene rings is 3. The fraction of sp³-hybridized carbons (Fsp3) is 0.208. The molecule has 0 aliphatic rings. The molecule has 32 heavy (non-hydrogen) atoms. The van der Waals surface area contributed by atoms with Crippen molar-refractivity contribution in [1.29, 1.82) is 0 Å². The number of carbonyl (C=O) groups is 1. The van der Waals surface area contributed by atoms with Crippen LogP contribution in [-0.4, -0.2) is 17.7 Å². The molecule has 0 bridgehead atoms. The summed E-state index contributed by atoms with van der Waals surface area (Å²) in [6.45, 7) is 4.95. The quantitative estimate of drug-likeness (QED) is 0.298. The third-order valence-electron chi connectivity index (χ3n) is 4.82. The van der Waals surface area contributed by atoms with E-state index in [1.54, 1.807) is 31.2 Å². The second-order valence-electron chi connectivity index (χ2n) is 7.00. The Kier molecular flexibility index (Phi) is 8.29.